The normalized spacial score (nSPS) is 13.6. The summed E-state index contributed by atoms with van der Waals surface area (Å²) in [7, 11) is 0. The van der Waals surface area contributed by atoms with Crippen LogP contribution in [0.3, 0.4) is 0 Å². The van der Waals surface area contributed by atoms with Crippen molar-refractivity contribution in [2.24, 2.45) is 0 Å². The monoisotopic (exact) mass is 256 g/mol. The number of carbonyl (C=O) groups is 1. The van der Waals surface area contributed by atoms with Crippen molar-refractivity contribution in [1.29, 1.82) is 0 Å². The number of thiophene rings is 1. The number of Topliss-reactive ketones (excluding diaryl/α,β-unsaturated/α-hetero) is 1. The van der Waals surface area contributed by atoms with Gasteiger partial charge in [0.1, 0.15) is 0 Å². The van der Waals surface area contributed by atoms with Gasteiger partial charge in [0, 0.05) is 17.4 Å². The Morgan fingerprint density at radius 2 is 2.06 bits per heavy atom. The molecule has 1 nitrogen and oxygen atoms in total. The van der Waals surface area contributed by atoms with Crippen LogP contribution < -0.4 is 0 Å². The van der Waals surface area contributed by atoms with Crippen LogP contribution in [0.5, 0.6) is 0 Å². The largest absolute Gasteiger partial charge is 0.294 e. The third kappa shape index (κ3) is 2.13. The van der Waals surface area contributed by atoms with Crippen molar-refractivity contribution < 1.29 is 4.79 Å². The summed E-state index contributed by atoms with van der Waals surface area (Å²) < 4.78 is 0. The summed E-state index contributed by atoms with van der Waals surface area (Å²) in [6, 6.07) is 6.54. The number of fused-ring (bicyclic) bond motifs is 1. The smallest absolute Gasteiger partial charge is 0.168 e. The third-order valence-electron chi connectivity index (χ3n) is 3.68. The number of aryl methyl sites for hydroxylation is 3. The number of rotatable bonds is 3. The quantitative estimate of drug-likeness (QED) is 0.759. The molecule has 1 aliphatic carbocycles. The fraction of sp³-hybridized carbons (Fsp3) is 0.312. The van der Waals surface area contributed by atoms with Gasteiger partial charge in [-0.1, -0.05) is 18.2 Å². The predicted molar refractivity (Wildman–Crippen MR) is 75.6 cm³/mol. The fourth-order valence-electron chi connectivity index (χ4n) is 2.66. The minimum atomic E-state index is 0.242. The van der Waals surface area contributed by atoms with Crippen molar-refractivity contribution >= 4 is 17.1 Å². The van der Waals surface area contributed by atoms with Crippen LogP contribution in [-0.2, 0) is 19.3 Å². The summed E-state index contributed by atoms with van der Waals surface area (Å²) >= 11 is 1.60. The van der Waals surface area contributed by atoms with Gasteiger partial charge >= 0.3 is 0 Å². The number of hydrogen-bond donors (Lipinski definition) is 0. The van der Waals surface area contributed by atoms with Gasteiger partial charge in [-0.15, -0.1) is 0 Å². The molecule has 92 valence electrons. The Balaban J connectivity index is 1.81. The van der Waals surface area contributed by atoms with Gasteiger partial charge in [-0.2, -0.15) is 11.3 Å². The fourth-order valence-corrected chi connectivity index (χ4v) is 3.51. The molecule has 1 heterocycles. The highest BCUT2D eigenvalue weighted by Gasteiger charge is 2.14. The molecule has 2 aromatic rings. The average Bonchev–Trinajstić information content (AvgIpc) is 2.96. The van der Waals surface area contributed by atoms with Gasteiger partial charge in [0.15, 0.2) is 5.78 Å². The van der Waals surface area contributed by atoms with E-state index in [-0.39, 0.29) is 5.78 Å². The first-order valence-corrected chi connectivity index (χ1v) is 7.35. The van der Waals surface area contributed by atoms with E-state index < -0.39 is 0 Å². The molecule has 0 saturated heterocycles. The van der Waals surface area contributed by atoms with E-state index in [2.05, 4.69) is 18.2 Å². The molecule has 0 unspecified atom stereocenters. The minimum Gasteiger partial charge on any atom is -0.294 e. The molecule has 0 atom stereocenters. The van der Waals surface area contributed by atoms with Gasteiger partial charge in [-0.25, -0.2) is 0 Å². The summed E-state index contributed by atoms with van der Waals surface area (Å²) in [5, 5.41) is 4.00. The molecule has 0 amide bonds. The maximum Gasteiger partial charge on any atom is 0.168 e. The van der Waals surface area contributed by atoms with Crippen LogP contribution in [0.25, 0.3) is 0 Å². The Morgan fingerprint density at radius 1 is 1.22 bits per heavy atom. The highest BCUT2D eigenvalue weighted by molar-refractivity contribution is 7.08. The summed E-state index contributed by atoms with van der Waals surface area (Å²) in [5.74, 6) is 0.242. The lowest BCUT2D eigenvalue weighted by atomic mass is 9.99. The summed E-state index contributed by atoms with van der Waals surface area (Å²) in [6.45, 7) is 2.01. The Kier molecular flexibility index (Phi) is 3.04. The lowest BCUT2D eigenvalue weighted by Gasteiger charge is -2.04. The molecule has 3 rings (SSSR count). The summed E-state index contributed by atoms with van der Waals surface area (Å²) in [5.41, 5.74) is 6.07. The lowest BCUT2D eigenvalue weighted by molar-refractivity contribution is 0.0993. The second kappa shape index (κ2) is 4.69. The van der Waals surface area contributed by atoms with Crippen LogP contribution in [0.15, 0.2) is 29.0 Å². The highest BCUT2D eigenvalue weighted by Crippen LogP contribution is 2.24. The standard InChI is InChI=1S/C16H16OS/c1-11-9-18-10-15(11)16(17)8-12-5-6-13-3-2-4-14(13)7-12/h5-7,9-10H,2-4,8H2,1H3. The van der Waals surface area contributed by atoms with E-state index in [0.29, 0.717) is 6.42 Å². The Labute approximate surface area is 111 Å². The van der Waals surface area contributed by atoms with Crippen molar-refractivity contribution in [1.82, 2.24) is 0 Å². The van der Waals surface area contributed by atoms with Gasteiger partial charge in [-0.3, -0.25) is 4.79 Å². The van der Waals surface area contributed by atoms with Crippen LogP contribution in [0, 0.1) is 6.92 Å². The van der Waals surface area contributed by atoms with Crippen LogP contribution in [0.1, 0.15) is 39.0 Å². The van der Waals surface area contributed by atoms with E-state index in [1.165, 1.54) is 30.4 Å². The molecule has 0 fully saturated rings. The second-order valence-corrected chi connectivity index (χ2v) is 5.77. The van der Waals surface area contributed by atoms with Crippen LogP contribution in [0.4, 0.5) is 0 Å². The molecular weight excluding hydrogens is 240 g/mol. The second-order valence-electron chi connectivity index (χ2n) is 5.03. The molecule has 1 aromatic carbocycles. The summed E-state index contributed by atoms with van der Waals surface area (Å²) in [4.78, 5) is 12.2. The molecular formula is C16H16OS. The topological polar surface area (TPSA) is 17.1 Å². The van der Waals surface area contributed by atoms with E-state index in [4.69, 9.17) is 0 Å². The maximum absolute atomic E-state index is 12.2. The molecule has 0 spiro atoms. The van der Waals surface area contributed by atoms with Crippen molar-refractivity contribution in [3.8, 4) is 0 Å². The zero-order chi connectivity index (χ0) is 12.5. The van der Waals surface area contributed by atoms with Gasteiger partial charge in [0.25, 0.3) is 0 Å². The Morgan fingerprint density at radius 3 is 2.83 bits per heavy atom. The molecule has 1 aliphatic rings. The number of benzene rings is 1. The molecule has 0 radical (unpaired) electrons. The minimum absolute atomic E-state index is 0.242. The van der Waals surface area contributed by atoms with E-state index >= 15 is 0 Å². The van der Waals surface area contributed by atoms with E-state index in [1.807, 2.05) is 17.7 Å². The SMILES string of the molecule is Cc1cscc1C(=O)Cc1ccc2c(c1)CCC2. The molecule has 2 heteroatoms. The molecule has 0 aliphatic heterocycles. The zero-order valence-electron chi connectivity index (χ0n) is 10.5. The maximum atomic E-state index is 12.2. The zero-order valence-corrected chi connectivity index (χ0v) is 11.3. The number of hydrogen-bond acceptors (Lipinski definition) is 2. The molecule has 1 aromatic heterocycles. The first kappa shape index (κ1) is 11.7. The van der Waals surface area contributed by atoms with Crippen LogP contribution in [-0.4, -0.2) is 5.78 Å². The Bertz CT molecular complexity index is 595. The van der Waals surface area contributed by atoms with Crippen molar-refractivity contribution in [3.05, 3.63) is 56.8 Å². The molecule has 18 heavy (non-hydrogen) atoms. The van der Waals surface area contributed by atoms with E-state index in [9.17, 15) is 4.79 Å². The molecule has 0 bridgehead atoms. The van der Waals surface area contributed by atoms with E-state index in [0.717, 1.165) is 16.7 Å². The Hall–Kier alpha value is -1.41. The lowest BCUT2D eigenvalue weighted by Crippen LogP contribution is -2.04. The molecule has 0 saturated carbocycles. The van der Waals surface area contributed by atoms with Crippen LogP contribution in [0.2, 0.25) is 0 Å². The van der Waals surface area contributed by atoms with Crippen molar-refractivity contribution in [2.75, 3.05) is 0 Å². The van der Waals surface area contributed by atoms with Gasteiger partial charge in [-0.05, 0) is 53.8 Å². The number of carbonyl (C=O) groups excluding carboxylic acids is 1. The first-order chi connectivity index (χ1) is 8.74. The summed E-state index contributed by atoms with van der Waals surface area (Å²) in [6.07, 6.45) is 4.17. The third-order valence-corrected chi connectivity index (χ3v) is 4.54. The van der Waals surface area contributed by atoms with Gasteiger partial charge in [0.05, 0.1) is 0 Å². The first-order valence-electron chi connectivity index (χ1n) is 6.41. The average molecular weight is 256 g/mol. The van der Waals surface area contributed by atoms with Gasteiger partial charge < -0.3 is 0 Å². The highest BCUT2D eigenvalue weighted by atomic mass is 32.1. The van der Waals surface area contributed by atoms with Crippen LogP contribution >= 0.6 is 11.3 Å². The number of ketones is 1. The molecule has 0 N–H and O–H groups in total. The van der Waals surface area contributed by atoms with Crippen molar-refractivity contribution in [3.63, 3.8) is 0 Å². The van der Waals surface area contributed by atoms with E-state index in [1.54, 1.807) is 11.3 Å². The van der Waals surface area contributed by atoms with Crippen molar-refractivity contribution in [2.45, 2.75) is 32.6 Å². The predicted octanol–water partition coefficient (Wildman–Crippen LogP) is 3.97. The van der Waals surface area contributed by atoms with Gasteiger partial charge in [0.2, 0.25) is 0 Å².